The Labute approximate surface area is 151 Å². The van der Waals surface area contributed by atoms with E-state index in [1.54, 1.807) is 0 Å². The van der Waals surface area contributed by atoms with Crippen LogP contribution in [0.1, 0.15) is 88.5 Å². The zero-order chi connectivity index (χ0) is 18.6. The predicted molar refractivity (Wildman–Crippen MR) is 100 cm³/mol. The molecule has 0 radical (unpaired) electrons. The van der Waals surface area contributed by atoms with Gasteiger partial charge in [-0.3, -0.25) is 4.79 Å². The van der Waals surface area contributed by atoms with Crippen LogP contribution in [0.15, 0.2) is 6.07 Å². The fraction of sp³-hybridized carbons (Fsp3) is 0.682. The average molecular weight is 344 g/mol. The van der Waals surface area contributed by atoms with E-state index in [1.165, 1.54) is 0 Å². The molecular formula is C22H32O3. The summed E-state index contributed by atoms with van der Waals surface area (Å²) >= 11 is 0. The fourth-order valence-corrected chi connectivity index (χ4v) is 5.76. The first-order chi connectivity index (χ1) is 11.7. The van der Waals surface area contributed by atoms with Crippen molar-refractivity contribution in [3.63, 3.8) is 0 Å². The minimum Gasteiger partial charge on any atom is -0.507 e. The maximum Gasteiger partial charge on any atom is 0.314 e. The molecule has 1 aromatic rings. The molecule has 1 saturated carbocycles. The lowest BCUT2D eigenvalue weighted by molar-refractivity contribution is -0.152. The Balaban J connectivity index is 2.34. The molecule has 2 atom stereocenters. The number of aromatic hydroxyl groups is 1. The normalized spacial score (nSPS) is 27.7. The van der Waals surface area contributed by atoms with Crippen LogP contribution >= 0.6 is 0 Å². The lowest BCUT2D eigenvalue weighted by atomic mass is 9.48. The van der Waals surface area contributed by atoms with Crippen LogP contribution in [0.5, 0.6) is 5.75 Å². The first kappa shape index (κ1) is 18.3. The largest absolute Gasteiger partial charge is 0.507 e. The van der Waals surface area contributed by atoms with Gasteiger partial charge in [0.2, 0.25) is 0 Å². The number of aliphatic carboxylic acids is 1. The Morgan fingerprint density at radius 1 is 1.32 bits per heavy atom. The number of hydrogen-bond donors (Lipinski definition) is 2. The molecule has 0 spiro atoms. The van der Waals surface area contributed by atoms with Crippen molar-refractivity contribution in [1.82, 2.24) is 0 Å². The van der Waals surface area contributed by atoms with E-state index >= 15 is 0 Å². The van der Waals surface area contributed by atoms with Crippen LogP contribution < -0.4 is 0 Å². The van der Waals surface area contributed by atoms with E-state index < -0.39 is 11.4 Å². The maximum absolute atomic E-state index is 12.7. The van der Waals surface area contributed by atoms with Crippen LogP contribution in [-0.4, -0.2) is 16.2 Å². The van der Waals surface area contributed by atoms with Gasteiger partial charge in [-0.05, 0) is 71.6 Å². The maximum atomic E-state index is 12.7. The number of carboxylic acid groups (broad SMARTS) is 1. The van der Waals surface area contributed by atoms with Crippen molar-refractivity contribution in [3.8, 4) is 5.75 Å². The Morgan fingerprint density at radius 3 is 2.56 bits per heavy atom. The molecule has 2 unspecified atom stereocenters. The molecule has 3 nitrogen and oxygen atoms in total. The lowest BCUT2D eigenvalue weighted by Gasteiger charge is -2.54. The highest BCUT2D eigenvalue weighted by molar-refractivity contribution is 5.85. The van der Waals surface area contributed by atoms with E-state index in [4.69, 9.17) is 0 Å². The van der Waals surface area contributed by atoms with Gasteiger partial charge in [-0.2, -0.15) is 0 Å². The molecule has 2 N–H and O–H groups in total. The van der Waals surface area contributed by atoms with Crippen LogP contribution in [0.3, 0.4) is 0 Å². The Kier molecular flexibility index (Phi) is 4.41. The van der Waals surface area contributed by atoms with Crippen molar-refractivity contribution in [3.05, 3.63) is 28.3 Å². The van der Waals surface area contributed by atoms with Gasteiger partial charge in [0.05, 0.1) is 5.41 Å². The van der Waals surface area contributed by atoms with Crippen molar-refractivity contribution in [2.75, 3.05) is 0 Å². The van der Waals surface area contributed by atoms with E-state index in [1.807, 2.05) is 0 Å². The Morgan fingerprint density at radius 2 is 2.00 bits per heavy atom. The summed E-state index contributed by atoms with van der Waals surface area (Å²) in [4.78, 5) is 12.7. The van der Waals surface area contributed by atoms with Crippen LogP contribution in [0.25, 0.3) is 0 Å². The van der Waals surface area contributed by atoms with Crippen molar-refractivity contribution in [2.45, 2.75) is 84.5 Å². The highest BCUT2D eigenvalue weighted by Crippen LogP contribution is 2.59. The number of benzene rings is 1. The molecule has 138 valence electrons. The Bertz CT molecular complexity index is 702. The monoisotopic (exact) mass is 344 g/mol. The molecule has 0 amide bonds. The summed E-state index contributed by atoms with van der Waals surface area (Å²) in [6.45, 7) is 10.7. The van der Waals surface area contributed by atoms with Gasteiger partial charge in [0.15, 0.2) is 0 Å². The highest BCUT2D eigenvalue weighted by Gasteiger charge is 2.58. The molecule has 0 aliphatic heterocycles. The van der Waals surface area contributed by atoms with Gasteiger partial charge in [0, 0.05) is 0 Å². The number of phenols is 1. The van der Waals surface area contributed by atoms with Gasteiger partial charge in [-0.1, -0.05) is 47.1 Å². The minimum atomic E-state index is -0.840. The summed E-state index contributed by atoms with van der Waals surface area (Å²) in [6.07, 6.45) is 5.16. The summed E-state index contributed by atoms with van der Waals surface area (Å²) in [5.74, 6) is 0.0209. The second kappa shape index (κ2) is 6.03. The number of rotatable bonds is 3. The quantitative estimate of drug-likeness (QED) is 0.795. The van der Waals surface area contributed by atoms with Crippen LogP contribution in [0.2, 0.25) is 0 Å². The number of hydrogen-bond acceptors (Lipinski definition) is 2. The number of phenolic OH excluding ortho intramolecular Hbond substituents is 1. The van der Waals surface area contributed by atoms with Crippen molar-refractivity contribution in [2.24, 2.45) is 11.3 Å². The fourth-order valence-electron chi connectivity index (χ4n) is 5.76. The summed E-state index contributed by atoms with van der Waals surface area (Å²) in [7, 11) is 0. The third-order valence-electron chi connectivity index (χ3n) is 6.96. The molecule has 1 aromatic carbocycles. The molecule has 1 fully saturated rings. The first-order valence-electron chi connectivity index (χ1n) is 9.78. The van der Waals surface area contributed by atoms with Crippen molar-refractivity contribution in [1.29, 1.82) is 0 Å². The summed E-state index contributed by atoms with van der Waals surface area (Å²) < 4.78 is 0. The number of carbonyl (C=O) groups is 1. The molecule has 0 bridgehead atoms. The number of aryl methyl sites for hydroxylation is 1. The molecular weight excluding hydrogens is 312 g/mol. The zero-order valence-electron chi connectivity index (χ0n) is 16.3. The van der Waals surface area contributed by atoms with E-state index in [9.17, 15) is 15.0 Å². The molecule has 25 heavy (non-hydrogen) atoms. The summed E-state index contributed by atoms with van der Waals surface area (Å²) in [6, 6.07) is 2.08. The second-order valence-electron chi connectivity index (χ2n) is 9.05. The number of fused-ring (bicyclic) bond motifs is 3. The molecule has 2 aliphatic carbocycles. The lowest BCUT2D eigenvalue weighted by Crippen LogP contribution is -2.54. The van der Waals surface area contributed by atoms with Crippen LogP contribution in [0.4, 0.5) is 0 Å². The third-order valence-corrected chi connectivity index (χ3v) is 6.96. The standard InChI is InChI=1S/C22H32O3/c1-6-14-12-16(13(2)3)19(23)15-8-9-17-21(4,5)10-7-11-22(17,18(14)15)20(24)25/h12-13,17,23H,6-11H2,1-5H3,(H,24,25). The number of carboxylic acids is 1. The van der Waals surface area contributed by atoms with Gasteiger partial charge in [-0.25, -0.2) is 0 Å². The topological polar surface area (TPSA) is 57.5 Å². The Hall–Kier alpha value is -1.51. The third kappa shape index (κ3) is 2.50. The smallest absolute Gasteiger partial charge is 0.314 e. The molecule has 3 rings (SSSR count). The summed E-state index contributed by atoms with van der Waals surface area (Å²) in [5.41, 5.74) is 3.14. The molecule has 0 aromatic heterocycles. The molecule has 0 saturated heterocycles. The van der Waals surface area contributed by atoms with Crippen molar-refractivity contribution < 1.29 is 15.0 Å². The van der Waals surface area contributed by atoms with Gasteiger partial charge < -0.3 is 10.2 Å². The SMILES string of the molecule is CCc1cc(C(C)C)c(O)c2c1C1(C(=O)O)CCCC(C)(C)C1CC2. The summed E-state index contributed by atoms with van der Waals surface area (Å²) in [5, 5.41) is 21.4. The first-order valence-corrected chi connectivity index (χ1v) is 9.78. The van der Waals surface area contributed by atoms with Crippen molar-refractivity contribution >= 4 is 5.97 Å². The van der Waals surface area contributed by atoms with Gasteiger partial charge in [-0.15, -0.1) is 0 Å². The predicted octanol–water partition coefficient (Wildman–Crippen LogP) is 5.17. The molecule has 2 aliphatic rings. The van der Waals surface area contributed by atoms with Gasteiger partial charge in [0.1, 0.15) is 5.75 Å². The van der Waals surface area contributed by atoms with Gasteiger partial charge in [0.25, 0.3) is 0 Å². The van der Waals surface area contributed by atoms with E-state index in [0.29, 0.717) is 12.2 Å². The molecule has 3 heteroatoms. The van der Waals surface area contributed by atoms with E-state index in [0.717, 1.165) is 54.4 Å². The van der Waals surface area contributed by atoms with E-state index in [2.05, 4.69) is 40.7 Å². The zero-order valence-corrected chi connectivity index (χ0v) is 16.3. The van der Waals surface area contributed by atoms with Gasteiger partial charge >= 0.3 is 5.97 Å². The average Bonchev–Trinajstić information content (AvgIpc) is 2.54. The van der Waals surface area contributed by atoms with E-state index in [-0.39, 0.29) is 17.3 Å². The molecule has 0 heterocycles. The van der Waals surface area contributed by atoms with Crippen LogP contribution in [-0.2, 0) is 23.1 Å². The highest BCUT2D eigenvalue weighted by atomic mass is 16.4. The minimum absolute atomic E-state index is 0.0195. The second-order valence-corrected chi connectivity index (χ2v) is 9.05. The van der Waals surface area contributed by atoms with Crippen LogP contribution in [0, 0.1) is 11.3 Å².